The van der Waals surface area contributed by atoms with Crippen LogP contribution in [-0.2, 0) is 0 Å². The fraction of sp³-hybridized carbons (Fsp3) is 0.318. The number of rotatable bonds is 4. The third kappa shape index (κ3) is 2.73. The lowest BCUT2D eigenvalue weighted by Crippen LogP contribution is -2.42. The molecule has 1 saturated carbocycles. The number of amides is 1. The molecule has 6 heteroatoms. The number of likely N-dealkylation sites (tertiary alicyclic amines) is 1. The zero-order valence-corrected chi connectivity index (χ0v) is 16.4. The average molecular weight is 394 g/mol. The van der Waals surface area contributed by atoms with E-state index in [1.165, 1.54) is 0 Å². The van der Waals surface area contributed by atoms with Crippen molar-refractivity contribution in [3.63, 3.8) is 0 Å². The lowest BCUT2D eigenvalue weighted by molar-refractivity contribution is 0.0651. The topological polar surface area (TPSA) is 54.7 Å². The molecule has 1 aromatic carbocycles. The molecule has 1 amide bonds. The smallest absolute Gasteiger partial charge is 0.255 e. The van der Waals surface area contributed by atoms with Crippen LogP contribution in [0.1, 0.15) is 63.0 Å². The van der Waals surface area contributed by atoms with Gasteiger partial charge in [-0.05, 0) is 55.9 Å². The van der Waals surface area contributed by atoms with Crippen molar-refractivity contribution in [3.05, 3.63) is 69.8 Å². The molecule has 0 bridgehead atoms. The molecule has 1 saturated heterocycles. The second-order valence-electron chi connectivity index (χ2n) is 7.65. The Morgan fingerprint density at radius 3 is 2.61 bits per heavy atom. The molecule has 1 aliphatic heterocycles. The minimum atomic E-state index is -0.191. The first kappa shape index (κ1) is 17.4. The number of pyridine rings is 1. The minimum Gasteiger partial charge on any atom is -0.338 e. The number of hydrogen-bond donors (Lipinski definition) is 0. The Kier molecular flexibility index (Phi) is 4.02. The van der Waals surface area contributed by atoms with Gasteiger partial charge in [0.15, 0.2) is 5.82 Å². The van der Waals surface area contributed by atoms with Gasteiger partial charge in [-0.1, -0.05) is 23.7 Å². The molecule has 1 aliphatic carbocycles. The van der Waals surface area contributed by atoms with Crippen LogP contribution in [0.3, 0.4) is 0 Å². The van der Waals surface area contributed by atoms with Gasteiger partial charge in [0.2, 0.25) is 5.78 Å². The van der Waals surface area contributed by atoms with Crippen molar-refractivity contribution < 1.29 is 9.59 Å². The highest BCUT2D eigenvalue weighted by Crippen LogP contribution is 2.43. The highest BCUT2D eigenvalue weighted by molar-refractivity contribution is 6.35. The highest BCUT2D eigenvalue weighted by atomic mass is 35.5. The second-order valence-corrected chi connectivity index (χ2v) is 8.05. The number of benzene rings is 1. The van der Waals surface area contributed by atoms with Gasteiger partial charge in [-0.3, -0.25) is 14.0 Å². The second kappa shape index (κ2) is 6.45. The number of ketones is 1. The predicted molar refractivity (Wildman–Crippen MR) is 107 cm³/mol. The number of carbonyl (C=O) groups excluding carboxylic acids is 2. The Bertz CT molecular complexity index is 1130. The summed E-state index contributed by atoms with van der Waals surface area (Å²) in [6.45, 7) is 3.45. The van der Waals surface area contributed by atoms with E-state index in [0.717, 1.165) is 49.1 Å². The number of nitrogens with zero attached hydrogens (tertiary/aromatic N) is 3. The van der Waals surface area contributed by atoms with E-state index in [-0.39, 0.29) is 11.7 Å². The molecule has 0 unspecified atom stereocenters. The van der Waals surface area contributed by atoms with E-state index in [2.05, 4.69) is 4.98 Å². The van der Waals surface area contributed by atoms with Crippen LogP contribution in [0.25, 0.3) is 5.52 Å². The first-order chi connectivity index (χ1) is 13.5. The molecule has 5 nitrogen and oxygen atoms in total. The summed E-state index contributed by atoms with van der Waals surface area (Å²) >= 11 is 6.44. The molecule has 2 aliphatic rings. The number of hydrogen-bond acceptors (Lipinski definition) is 3. The molecule has 0 radical (unpaired) electrons. The summed E-state index contributed by atoms with van der Waals surface area (Å²) < 4.78 is 1.74. The lowest BCUT2D eigenvalue weighted by Gasteiger charge is -2.30. The molecule has 28 heavy (non-hydrogen) atoms. The Balaban J connectivity index is 1.63. The summed E-state index contributed by atoms with van der Waals surface area (Å²) in [7, 11) is 0. The summed E-state index contributed by atoms with van der Waals surface area (Å²) in [5, 5.41) is 0.455. The van der Waals surface area contributed by atoms with E-state index in [9.17, 15) is 9.59 Å². The van der Waals surface area contributed by atoms with Gasteiger partial charge in [-0.2, -0.15) is 0 Å². The van der Waals surface area contributed by atoms with Gasteiger partial charge >= 0.3 is 0 Å². The number of aromatic nitrogens is 2. The normalized spacial score (nSPS) is 16.3. The predicted octanol–water partition coefficient (Wildman–Crippen LogP) is 4.25. The molecule has 3 heterocycles. The quantitative estimate of drug-likeness (QED) is 0.622. The summed E-state index contributed by atoms with van der Waals surface area (Å²) in [5.74, 6) is 0.507. The maximum absolute atomic E-state index is 13.5. The van der Waals surface area contributed by atoms with Crippen LogP contribution in [-0.4, -0.2) is 39.1 Å². The Hall–Kier alpha value is -2.66. The third-order valence-corrected chi connectivity index (χ3v) is 6.02. The molecule has 0 spiro atoms. The zero-order chi connectivity index (χ0) is 19.4. The van der Waals surface area contributed by atoms with E-state index < -0.39 is 0 Å². The molecule has 2 fully saturated rings. The fourth-order valence-corrected chi connectivity index (χ4v) is 4.12. The average Bonchev–Trinajstić information content (AvgIpc) is 3.43. The lowest BCUT2D eigenvalue weighted by atomic mass is 9.99. The zero-order valence-electron chi connectivity index (χ0n) is 15.6. The summed E-state index contributed by atoms with van der Waals surface area (Å²) in [6.07, 6.45) is 4.93. The summed E-state index contributed by atoms with van der Waals surface area (Å²) in [5.41, 5.74) is 3.69. The van der Waals surface area contributed by atoms with Gasteiger partial charge in [-0.25, -0.2) is 4.98 Å². The molecule has 2 aromatic heterocycles. The van der Waals surface area contributed by atoms with Crippen molar-refractivity contribution in [2.45, 2.75) is 32.1 Å². The van der Waals surface area contributed by atoms with Gasteiger partial charge in [0.25, 0.3) is 5.91 Å². The van der Waals surface area contributed by atoms with Crippen LogP contribution in [0.2, 0.25) is 5.02 Å². The maximum Gasteiger partial charge on any atom is 0.255 e. The first-order valence-electron chi connectivity index (χ1n) is 9.65. The van der Waals surface area contributed by atoms with Crippen molar-refractivity contribution in [3.8, 4) is 0 Å². The van der Waals surface area contributed by atoms with E-state index in [1.54, 1.807) is 16.7 Å². The van der Waals surface area contributed by atoms with Crippen LogP contribution in [0.5, 0.6) is 0 Å². The van der Waals surface area contributed by atoms with Crippen molar-refractivity contribution in [1.29, 1.82) is 0 Å². The van der Waals surface area contributed by atoms with Gasteiger partial charge < -0.3 is 4.90 Å². The number of aryl methyl sites for hydroxylation is 1. The van der Waals surface area contributed by atoms with Crippen molar-refractivity contribution >= 4 is 28.8 Å². The monoisotopic (exact) mass is 393 g/mol. The van der Waals surface area contributed by atoms with Crippen LogP contribution in [0.15, 0.2) is 36.5 Å². The largest absolute Gasteiger partial charge is 0.338 e. The van der Waals surface area contributed by atoms with Crippen LogP contribution < -0.4 is 0 Å². The van der Waals surface area contributed by atoms with E-state index >= 15 is 0 Å². The van der Waals surface area contributed by atoms with E-state index in [4.69, 9.17) is 11.6 Å². The molecular formula is C22H20ClN3O2. The Labute approximate surface area is 167 Å². The summed E-state index contributed by atoms with van der Waals surface area (Å²) in [4.78, 5) is 32.4. The SMILES string of the molecule is Cc1nc(C(=O)c2c(Cl)cccc2C2CC2)n2cc(C(=O)N3CCC3)ccc12. The number of carbonyl (C=O) groups is 2. The number of imidazole rings is 1. The molecular weight excluding hydrogens is 374 g/mol. The Morgan fingerprint density at radius 1 is 1.14 bits per heavy atom. The number of fused-ring (bicyclic) bond motifs is 1. The van der Waals surface area contributed by atoms with Gasteiger partial charge in [-0.15, -0.1) is 0 Å². The van der Waals surface area contributed by atoms with Gasteiger partial charge in [0.1, 0.15) is 0 Å². The van der Waals surface area contributed by atoms with Crippen LogP contribution in [0.4, 0.5) is 0 Å². The van der Waals surface area contributed by atoms with Crippen molar-refractivity contribution in [1.82, 2.24) is 14.3 Å². The summed E-state index contributed by atoms with van der Waals surface area (Å²) in [6, 6.07) is 9.30. The van der Waals surface area contributed by atoms with Crippen LogP contribution in [0, 0.1) is 6.92 Å². The van der Waals surface area contributed by atoms with Crippen LogP contribution >= 0.6 is 11.6 Å². The van der Waals surface area contributed by atoms with Gasteiger partial charge in [0.05, 0.1) is 21.8 Å². The van der Waals surface area contributed by atoms with Gasteiger partial charge in [0, 0.05) is 24.8 Å². The Morgan fingerprint density at radius 2 is 1.93 bits per heavy atom. The minimum absolute atomic E-state index is 0.00526. The maximum atomic E-state index is 13.5. The third-order valence-electron chi connectivity index (χ3n) is 5.70. The number of halogens is 1. The molecule has 0 atom stereocenters. The van der Waals surface area contributed by atoms with E-state index in [0.29, 0.717) is 27.9 Å². The van der Waals surface area contributed by atoms with E-state index in [1.807, 2.05) is 36.1 Å². The molecule has 142 valence electrons. The highest BCUT2D eigenvalue weighted by Gasteiger charge is 2.31. The van der Waals surface area contributed by atoms with Crippen molar-refractivity contribution in [2.75, 3.05) is 13.1 Å². The van der Waals surface area contributed by atoms with Crippen molar-refractivity contribution in [2.24, 2.45) is 0 Å². The fourth-order valence-electron chi connectivity index (χ4n) is 3.86. The first-order valence-corrected chi connectivity index (χ1v) is 10.0. The molecule has 0 N–H and O–H groups in total. The molecule has 3 aromatic rings. The molecule has 5 rings (SSSR count). The standard InChI is InChI=1S/C22H20ClN3O2/c1-13-18-9-8-15(22(28)25-10-3-11-25)12-26(18)21(24-13)20(27)19-16(14-6-7-14)4-2-5-17(19)23/h2,4-5,8-9,12,14H,3,6-7,10-11H2,1H3.